The molecule has 0 amide bonds. The summed E-state index contributed by atoms with van der Waals surface area (Å²) in [7, 11) is 0. The molecular weight excluding hydrogens is 350 g/mol. The molecule has 138 valence electrons. The predicted octanol–water partition coefficient (Wildman–Crippen LogP) is 4.39. The van der Waals surface area contributed by atoms with Gasteiger partial charge < -0.3 is 15.5 Å². The first-order chi connectivity index (χ1) is 12.5. The van der Waals surface area contributed by atoms with Crippen molar-refractivity contribution in [3.8, 4) is 0 Å². The number of carbonyl (C=O) groups is 1. The number of carboxylic acid groups (broad SMARTS) is 1. The molecule has 5 heteroatoms. The molecule has 1 aliphatic rings. The lowest BCUT2D eigenvalue weighted by Crippen LogP contribution is -2.36. The number of aromatic carboxylic acids is 1. The lowest BCUT2D eigenvalue weighted by Gasteiger charge is -2.31. The fourth-order valence-corrected chi connectivity index (χ4v) is 3.88. The van der Waals surface area contributed by atoms with Gasteiger partial charge >= 0.3 is 5.97 Å². The maximum absolute atomic E-state index is 11.0. The zero-order chi connectivity index (χ0) is 18.5. The van der Waals surface area contributed by atoms with Crippen molar-refractivity contribution in [2.45, 2.75) is 43.7 Å². The van der Waals surface area contributed by atoms with E-state index in [1.54, 1.807) is 24.3 Å². The number of nitrogens with one attached hydrogen (secondary N) is 1. The highest BCUT2D eigenvalue weighted by Crippen LogP contribution is 2.33. The van der Waals surface area contributed by atoms with Crippen LogP contribution >= 0.6 is 11.6 Å². The molecule has 3 N–H and O–H groups in total. The fraction of sp³-hybridized carbons (Fsp3) is 0.381. The lowest BCUT2D eigenvalue weighted by molar-refractivity contribution is 0.0697. The molecule has 26 heavy (non-hydrogen) atoms. The van der Waals surface area contributed by atoms with Gasteiger partial charge in [-0.05, 0) is 60.6 Å². The normalized spacial score (nSPS) is 21.3. The number of hydrogen-bond donors (Lipinski definition) is 3. The molecule has 3 rings (SSSR count). The van der Waals surface area contributed by atoms with Crippen LogP contribution in [0.1, 0.15) is 59.2 Å². The van der Waals surface area contributed by atoms with E-state index in [2.05, 4.69) is 5.32 Å². The highest BCUT2D eigenvalue weighted by Gasteiger charge is 2.24. The number of hydrogen-bond acceptors (Lipinski definition) is 3. The summed E-state index contributed by atoms with van der Waals surface area (Å²) in [6, 6.07) is 14.9. The van der Waals surface area contributed by atoms with Crippen LogP contribution in [0.2, 0.25) is 5.02 Å². The minimum Gasteiger partial charge on any atom is -0.478 e. The van der Waals surface area contributed by atoms with E-state index in [9.17, 15) is 9.90 Å². The Morgan fingerprint density at radius 2 is 1.96 bits per heavy atom. The number of carboxylic acids is 1. The Kier molecular flexibility index (Phi) is 6.30. The fourth-order valence-electron chi connectivity index (χ4n) is 3.69. The third kappa shape index (κ3) is 4.85. The average molecular weight is 374 g/mol. The molecule has 3 atom stereocenters. The first-order valence-electron chi connectivity index (χ1n) is 9.03. The summed E-state index contributed by atoms with van der Waals surface area (Å²) >= 11 is 5.99. The van der Waals surface area contributed by atoms with Gasteiger partial charge in [0.05, 0.1) is 11.7 Å². The van der Waals surface area contributed by atoms with E-state index >= 15 is 0 Å². The number of halogens is 1. The summed E-state index contributed by atoms with van der Waals surface area (Å²) in [5.74, 6) is -0.470. The second-order valence-electron chi connectivity index (χ2n) is 6.97. The van der Waals surface area contributed by atoms with Gasteiger partial charge in [0.15, 0.2) is 0 Å². The van der Waals surface area contributed by atoms with Gasteiger partial charge in [-0.25, -0.2) is 4.79 Å². The van der Waals surface area contributed by atoms with Crippen molar-refractivity contribution in [1.29, 1.82) is 0 Å². The molecule has 1 saturated carbocycles. The first-order valence-corrected chi connectivity index (χ1v) is 9.41. The van der Waals surface area contributed by atoms with Crippen LogP contribution in [0.25, 0.3) is 0 Å². The Morgan fingerprint density at radius 3 is 2.65 bits per heavy atom. The Labute approximate surface area is 158 Å². The molecule has 0 aromatic heterocycles. The Hall–Kier alpha value is -1.88. The second-order valence-corrected chi connectivity index (χ2v) is 7.40. The largest absolute Gasteiger partial charge is 0.478 e. The summed E-state index contributed by atoms with van der Waals surface area (Å²) in [6.45, 7) is 0.496. The zero-order valence-corrected chi connectivity index (χ0v) is 15.3. The topological polar surface area (TPSA) is 69.6 Å². The zero-order valence-electron chi connectivity index (χ0n) is 14.6. The summed E-state index contributed by atoms with van der Waals surface area (Å²) < 4.78 is 0. The van der Waals surface area contributed by atoms with Crippen LogP contribution < -0.4 is 5.32 Å². The van der Waals surface area contributed by atoms with Gasteiger partial charge in [0.1, 0.15) is 0 Å². The maximum Gasteiger partial charge on any atom is 0.335 e. The molecule has 1 fully saturated rings. The minimum absolute atomic E-state index is 0.323. The lowest BCUT2D eigenvalue weighted by atomic mass is 9.81. The summed E-state index contributed by atoms with van der Waals surface area (Å²) in [4.78, 5) is 11.0. The molecule has 0 saturated heterocycles. The molecule has 2 aromatic rings. The van der Waals surface area contributed by atoms with E-state index in [-0.39, 0.29) is 0 Å². The van der Waals surface area contributed by atoms with Crippen LogP contribution in [0, 0.1) is 0 Å². The molecule has 1 aliphatic carbocycles. The van der Waals surface area contributed by atoms with Gasteiger partial charge in [-0.1, -0.05) is 42.3 Å². The molecule has 0 radical (unpaired) electrons. The van der Waals surface area contributed by atoms with Crippen LogP contribution in [-0.2, 0) is 0 Å². The predicted molar refractivity (Wildman–Crippen MR) is 103 cm³/mol. The van der Waals surface area contributed by atoms with Gasteiger partial charge in [0, 0.05) is 17.6 Å². The summed E-state index contributed by atoms with van der Waals surface area (Å²) in [5, 5.41) is 23.5. The van der Waals surface area contributed by atoms with Crippen LogP contribution in [0.3, 0.4) is 0 Å². The smallest absolute Gasteiger partial charge is 0.335 e. The van der Waals surface area contributed by atoms with Crippen LogP contribution in [0.4, 0.5) is 0 Å². The third-order valence-corrected chi connectivity index (χ3v) is 5.37. The third-order valence-electron chi connectivity index (χ3n) is 5.14. The number of aliphatic hydroxyl groups is 1. The minimum atomic E-state index is -0.894. The van der Waals surface area contributed by atoms with E-state index in [1.165, 1.54) is 5.56 Å². The molecular formula is C21H24ClNO3. The van der Waals surface area contributed by atoms with Crippen molar-refractivity contribution in [3.63, 3.8) is 0 Å². The van der Waals surface area contributed by atoms with E-state index in [4.69, 9.17) is 16.7 Å². The quantitative estimate of drug-likeness (QED) is 0.702. The van der Waals surface area contributed by atoms with E-state index in [0.29, 0.717) is 29.1 Å². The standard InChI is InChI=1S/C21H24ClNO3/c22-18-5-1-4-17(11-18)20(24)13-23-19-6-2-3-16(12-19)14-7-9-15(10-8-14)21(25)26/h1,4-5,7-11,16,19-20,23-24H,2-3,6,12-13H2,(H,25,26)/t16?,19?,20-/m0/s1. The molecule has 2 unspecified atom stereocenters. The number of benzene rings is 2. The van der Waals surface area contributed by atoms with Crippen molar-refractivity contribution in [2.24, 2.45) is 0 Å². The second kappa shape index (κ2) is 8.67. The summed E-state index contributed by atoms with van der Waals surface area (Å²) in [6.07, 6.45) is 3.74. The van der Waals surface area contributed by atoms with E-state index in [0.717, 1.165) is 31.2 Å². The van der Waals surface area contributed by atoms with Crippen molar-refractivity contribution >= 4 is 17.6 Å². The average Bonchev–Trinajstić information content (AvgIpc) is 2.66. The van der Waals surface area contributed by atoms with Gasteiger partial charge in [-0.15, -0.1) is 0 Å². The highest BCUT2D eigenvalue weighted by atomic mass is 35.5. The van der Waals surface area contributed by atoms with Crippen molar-refractivity contribution < 1.29 is 15.0 Å². The molecule has 4 nitrogen and oxygen atoms in total. The SMILES string of the molecule is O=C(O)c1ccc(C2CCCC(NC[C@H](O)c3cccc(Cl)c3)C2)cc1. The Bertz CT molecular complexity index is 747. The Balaban J connectivity index is 1.55. The van der Waals surface area contributed by atoms with E-state index in [1.807, 2.05) is 24.3 Å². The monoisotopic (exact) mass is 373 g/mol. The van der Waals surface area contributed by atoms with Gasteiger partial charge in [0.2, 0.25) is 0 Å². The van der Waals surface area contributed by atoms with Gasteiger partial charge in [-0.2, -0.15) is 0 Å². The number of rotatable bonds is 6. The van der Waals surface area contributed by atoms with Crippen LogP contribution in [0.15, 0.2) is 48.5 Å². The molecule has 0 bridgehead atoms. The molecule has 0 heterocycles. The van der Waals surface area contributed by atoms with E-state index < -0.39 is 12.1 Å². The highest BCUT2D eigenvalue weighted by molar-refractivity contribution is 6.30. The van der Waals surface area contributed by atoms with Gasteiger partial charge in [0.25, 0.3) is 0 Å². The van der Waals surface area contributed by atoms with Crippen molar-refractivity contribution in [3.05, 3.63) is 70.2 Å². The molecule has 0 aliphatic heterocycles. The molecule has 2 aromatic carbocycles. The van der Waals surface area contributed by atoms with Crippen LogP contribution in [0.5, 0.6) is 0 Å². The molecule has 0 spiro atoms. The maximum atomic E-state index is 11.0. The van der Waals surface area contributed by atoms with Crippen molar-refractivity contribution in [2.75, 3.05) is 6.54 Å². The van der Waals surface area contributed by atoms with Crippen LogP contribution in [-0.4, -0.2) is 28.8 Å². The Morgan fingerprint density at radius 1 is 1.19 bits per heavy atom. The number of aliphatic hydroxyl groups excluding tert-OH is 1. The van der Waals surface area contributed by atoms with Gasteiger partial charge in [-0.3, -0.25) is 0 Å². The summed E-state index contributed by atoms with van der Waals surface area (Å²) in [5.41, 5.74) is 2.34. The van der Waals surface area contributed by atoms with Crippen molar-refractivity contribution in [1.82, 2.24) is 5.32 Å². The first kappa shape index (κ1) is 18.9.